The van der Waals surface area contributed by atoms with Crippen molar-refractivity contribution in [3.05, 3.63) is 29.7 Å². The molecule has 0 aliphatic rings. The Hall–Kier alpha value is -1.55. The standard InChI is InChI=1S/C9H9N3.C2H7N/c1-6-7(2)12-9-8(11-6)4-3-5-10-9;1-3-2/h3-5H,1-2H3;3H,1-2H3. The van der Waals surface area contributed by atoms with Crippen LogP contribution in [-0.4, -0.2) is 29.0 Å². The number of aryl methyl sites for hydroxylation is 2. The monoisotopic (exact) mass is 204 g/mol. The van der Waals surface area contributed by atoms with Crippen LogP contribution in [0, 0.1) is 13.8 Å². The SMILES string of the molecule is CNC.Cc1nc2cccnc2nc1C. The molecule has 4 nitrogen and oxygen atoms in total. The maximum atomic E-state index is 4.35. The molecule has 80 valence electrons. The lowest BCUT2D eigenvalue weighted by atomic mass is 10.3. The fraction of sp³-hybridized carbons (Fsp3) is 0.364. The molecule has 0 saturated carbocycles. The van der Waals surface area contributed by atoms with Crippen molar-refractivity contribution in [1.82, 2.24) is 20.3 Å². The van der Waals surface area contributed by atoms with Crippen molar-refractivity contribution in [3.8, 4) is 0 Å². The van der Waals surface area contributed by atoms with Crippen molar-refractivity contribution < 1.29 is 0 Å². The Morgan fingerprint density at radius 3 is 2.33 bits per heavy atom. The molecule has 2 aromatic rings. The van der Waals surface area contributed by atoms with Crippen LogP contribution in [0.25, 0.3) is 11.2 Å². The van der Waals surface area contributed by atoms with E-state index >= 15 is 0 Å². The summed E-state index contributed by atoms with van der Waals surface area (Å²) in [5.74, 6) is 0. The molecule has 0 aliphatic carbocycles. The highest BCUT2D eigenvalue weighted by atomic mass is 14.9. The number of pyridine rings is 1. The number of hydrogen-bond donors (Lipinski definition) is 1. The first-order valence-electron chi connectivity index (χ1n) is 4.83. The van der Waals surface area contributed by atoms with Gasteiger partial charge in [-0.2, -0.15) is 0 Å². The van der Waals surface area contributed by atoms with Crippen molar-refractivity contribution in [2.75, 3.05) is 14.1 Å². The number of nitrogens with one attached hydrogen (secondary N) is 1. The summed E-state index contributed by atoms with van der Waals surface area (Å²) >= 11 is 0. The van der Waals surface area contributed by atoms with Gasteiger partial charge in [-0.15, -0.1) is 0 Å². The summed E-state index contributed by atoms with van der Waals surface area (Å²) in [5, 5.41) is 2.75. The summed E-state index contributed by atoms with van der Waals surface area (Å²) < 4.78 is 0. The lowest BCUT2D eigenvalue weighted by Gasteiger charge is -1.99. The summed E-state index contributed by atoms with van der Waals surface area (Å²) in [6, 6.07) is 3.79. The minimum Gasteiger partial charge on any atom is -0.323 e. The molecule has 0 fully saturated rings. The molecule has 0 amide bonds. The second kappa shape index (κ2) is 5.36. The molecule has 15 heavy (non-hydrogen) atoms. The molecule has 2 aromatic heterocycles. The lowest BCUT2D eigenvalue weighted by Crippen LogP contribution is -1.94. The highest BCUT2D eigenvalue weighted by Crippen LogP contribution is 2.08. The van der Waals surface area contributed by atoms with Gasteiger partial charge in [-0.3, -0.25) is 0 Å². The zero-order chi connectivity index (χ0) is 11.3. The van der Waals surface area contributed by atoms with Gasteiger partial charge >= 0.3 is 0 Å². The third-order valence-electron chi connectivity index (χ3n) is 1.85. The van der Waals surface area contributed by atoms with Crippen molar-refractivity contribution in [1.29, 1.82) is 0 Å². The van der Waals surface area contributed by atoms with Crippen LogP contribution in [0.5, 0.6) is 0 Å². The molecule has 4 heteroatoms. The van der Waals surface area contributed by atoms with Crippen LogP contribution in [0.15, 0.2) is 18.3 Å². The molecule has 0 aliphatic heterocycles. The highest BCUT2D eigenvalue weighted by Gasteiger charge is 1.99. The maximum absolute atomic E-state index is 4.35. The second-order valence-electron chi connectivity index (χ2n) is 3.24. The predicted octanol–water partition coefficient (Wildman–Crippen LogP) is 1.48. The van der Waals surface area contributed by atoms with E-state index in [1.165, 1.54) is 0 Å². The summed E-state index contributed by atoms with van der Waals surface area (Å²) in [5.41, 5.74) is 3.50. The average Bonchev–Trinajstić information content (AvgIpc) is 2.21. The highest BCUT2D eigenvalue weighted by molar-refractivity contribution is 5.69. The summed E-state index contributed by atoms with van der Waals surface area (Å²) in [6.45, 7) is 3.89. The number of aromatic nitrogens is 3. The predicted molar refractivity (Wildman–Crippen MR) is 61.8 cm³/mol. The maximum Gasteiger partial charge on any atom is 0.178 e. The van der Waals surface area contributed by atoms with Gasteiger partial charge in [-0.1, -0.05) is 0 Å². The summed E-state index contributed by atoms with van der Waals surface area (Å²) in [6.07, 6.45) is 1.73. The molecule has 2 heterocycles. The fourth-order valence-corrected chi connectivity index (χ4v) is 1.06. The smallest absolute Gasteiger partial charge is 0.178 e. The van der Waals surface area contributed by atoms with Crippen LogP contribution in [0.4, 0.5) is 0 Å². The molecular weight excluding hydrogens is 188 g/mol. The van der Waals surface area contributed by atoms with E-state index in [9.17, 15) is 0 Å². The molecule has 0 atom stereocenters. The Morgan fingerprint density at radius 1 is 1.07 bits per heavy atom. The van der Waals surface area contributed by atoms with Gasteiger partial charge in [0.2, 0.25) is 0 Å². The van der Waals surface area contributed by atoms with E-state index in [1.807, 2.05) is 40.1 Å². The van der Waals surface area contributed by atoms with E-state index in [1.54, 1.807) is 6.20 Å². The fourth-order valence-electron chi connectivity index (χ4n) is 1.06. The lowest BCUT2D eigenvalue weighted by molar-refractivity contribution is 1.02. The molecule has 0 unspecified atom stereocenters. The molecule has 0 spiro atoms. The van der Waals surface area contributed by atoms with E-state index < -0.39 is 0 Å². The van der Waals surface area contributed by atoms with Crippen LogP contribution in [0.2, 0.25) is 0 Å². The van der Waals surface area contributed by atoms with Crippen LogP contribution in [0.1, 0.15) is 11.4 Å². The van der Waals surface area contributed by atoms with E-state index in [0.29, 0.717) is 0 Å². The number of fused-ring (bicyclic) bond motifs is 1. The van der Waals surface area contributed by atoms with Gasteiger partial charge in [0.25, 0.3) is 0 Å². The first-order valence-corrected chi connectivity index (χ1v) is 4.83. The largest absolute Gasteiger partial charge is 0.323 e. The van der Waals surface area contributed by atoms with Crippen LogP contribution in [-0.2, 0) is 0 Å². The van der Waals surface area contributed by atoms with E-state index in [4.69, 9.17) is 0 Å². The quantitative estimate of drug-likeness (QED) is 0.706. The summed E-state index contributed by atoms with van der Waals surface area (Å²) in [7, 11) is 3.75. The van der Waals surface area contributed by atoms with Gasteiger partial charge in [-0.05, 0) is 40.1 Å². The molecule has 0 radical (unpaired) electrons. The molecule has 0 bridgehead atoms. The minimum atomic E-state index is 0.723. The van der Waals surface area contributed by atoms with Crippen LogP contribution < -0.4 is 5.32 Å². The molecule has 1 N–H and O–H groups in total. The number of hydrogen-bond acceptors (Lipinski definition) is 4. The van der Waals surface area contributed by atoms with Gasteiger partial charge in [0.05, 0.1) is 11.4 Å². The molecule has 0 aromatic carbocycles. The van der Waals surface area contributed by atoms with Gasteiger partial charge in [0.15, 0.2) is 5.65 Å². The normalized spacial score (nSPS) is 9.60. The van der Waals surface area contributed by atoms with Crippen molar-refractivity contribution in [2.24, 2.45) is 0 Å². The van der Waals surface area contributed by atoms with Gasteiger partial charge in [0.1, 0.15) is 5.52 Å². The number of nitrogens with zero attached hydrogens (tertiary/aromatic N) is 3. The Bertz CT molecular complexity index is 399. The zero-order valence-corrected chi connectivity index (χ0v) is 9.57. The van der Waals surface area contributed by atoms with E-state index in [-0.39, 0.29) is 0 Å². The van der Waals surface area contributed by atoms with Crippen molar-refractivity contribution in [2.45, 2.75) is 13.8 Å². The Labute approximate surface area is 89.8 Å². The van der Waals surface area contributed by atoms with Crippen molar-refractivity contribution in [3.63, 3.8) is 0 Å². The van der Waals surface area contributed by atoms with Gasteiger partial charge in [0, 0.05) is 6.20 Å². The molecule has 2 rings (SSSR count). The third-order valence-corrected chi connectivity index (χ3v) is 1.85. The molecule has 0 saturated heterocycles. The van der Waals surface area contributed by atoms with Crippen LogP contribution in [0.3, 0.4) is 0 Å². The topological polar surface area (TPSA) is 50.7 Å². The van der Waals surface area contributed by atoms with Gasteiger partial charge in [-0.25, -0.2) is 15.0 Å². The third kappa shape index (κ3) is 2.95. The minimum absolute atomic E-state index is 0.723. The Kier molecular flexibility index (Phi) is 4.12. The van der Waals surface area contributed by atoms with E-state index in [0.717, 1.165) is 22.6 Å². The first kappa shape index (κ1) is 11.5. The average molecular weight is 204 g/mol. The zero-order valence-electron chi connectivity index (χ0n) is 9.57. The first-order chi connectivity index (χ1) is 7.19. The van der Waals surface area contributed by atoms with Gasteiger partial charge < -0.3 is 5.32 Å². The Balaban J connectivity index is 0.000000337. The number of rotatable bonds is 0. The summed E-state index contributed by atoms with van der Waals surface area (Å²) in [4.78, 5) is 12.8. The van der Waals surface area contributed by atoms with Crippen molar-refractivity contribution >= 4 is 11.2 Å². The second-order valence-corrected chi connectivity index (χ2v) is 3.24. The molecular formula is C11H16N4. The Morgan fingerprint density at radius 2 is 1.67 bits per heavy atom. The van der Waals surface area contributed by atoms with Crippen LogP contribution >= 0.6 is 0 Å². The van der Waals surface area contributed by atoms with E-state index in [2.05, 4.69) is 20.3 Å².